The number of benzene rings is 1. The van der Waals surface area contributed by atoms with Crippen LogP contribution in [-0.2, 0) is 0 Å². The maximum atomic E-state index is 11.7. The van der Waals surface area contributed by atoms with Crippen LogP contribution in [-0.4, -0.2) is 30.3 Å². The van der Waals surface area contributed by atoms with Gasteiger partial charge in [0.1, 0.15) is 0 Å². The third-order valence-electron chi connectivity index (χ3n) is 2.27. The highest BCUT2D eigenvalue weighted by molar-refractivity contribution is 5.96. The molecule has 4 nitrogen and oxygen atoms in total. The molecular formula is C13H16N2O2. The van der Waals surface area contributed by atoms with E-state index in [0.717, 1.165) is 0 Å². The Bertz CT molecular complexity index is 441. The maximum Gasteiger partial charge on any atom is 0.321 e. The number of anilines is 1. The molecule has 0 heterocycles. The second-order valence-electron chi connectivity index (χ2n) is 3.74. The van der Waals surface area contributed by atoms with E-state index in [0.29, 0.717) is 17.8 Å². The summed E-state index contributed by atoms with van der Waals surface area (Å²) in [4.78, 5) is 24.3. The van der Waals surface area contributed by atoms with Crippen molar-refractivity contribution in [3.63, 3.8) is 0 Å². The van der Waals surface area contributed by atoms with Gasteiger partial charge < -0.3 is 10.2 Å². The lowest BCUT2D eigenvalue weighted by atomic mass is 10.1. The summed E-state index contributed by atoms with van der Waals surface area (Å²) in [6, 6.07) is 6.62. The first-order valence-electron chi connectivity index (χ1n) is 5.28. The number of carbonyl (C=O) groups excluding carboxylic acids is 2. The zero-order valence-electron chi connectivity index (χ0n) is 10.1. The van der Waals surface area contributed by atoms with E-state index in [2.05, 4.69) is 11.9 Å². The van der Waals surface area contributed by atoms with E-state index in [4.69, 9.17) is 0 Å². The summed E-state index contributed by atoms with van der Waals surface area (Å²) >= 11 is 0. The highest BCUT2D eigenvalue weighted by Gasteiger charge is 2.07. The van der Waals surface area contributed by atoms with Crippen LogP contribution >= 0.6 is 0 Å². The first kappa shape index (κ1) is 13.0. The van der Waals surface area contributed by atoms with Crippen molar-refractivity contribution >= 4 is 17.5 Å². The van der Waals surface area contributed by atoms with Crippen molar-refractivity contribution in [3.8, 4) is 0 Å². The van der Waals surface area contributed by atoms with Gasteiger partial charge >= 0.3 is 6.03 Å². The Labute approximate surface area is 101 Å². The zero-order chi connectivity index (χ0) is 12.8. The SMILES string of the molecule is C=CCN(C)C(=O)Nc1cccc(C(C)=O)c1. The van der Waals surface area contributed by atoms with Crippen LogP contribution in [0.25, 0.3) is 0 Å². The lowest BCUT2D eigenvalue weighted by Gasteiger charge is -2.16. The smallest absolute Gasteiger partial charge is 0.321 e. The van der Waals surface area contributed by atoms with Gasteiger partial charge in [-0.05, 0) is 19.1 Å². The fraction of sp³-hybridized carbons (Fsp3) is 0.231. The number of carbonyl (C=O) groups is 2. The van der Waals surface area contributed by atoms with Gasteiger partial charge in [0.05, 0.1) is 0 Å². The van der Waals surface area contributed by atoms with Crippen molar-refractivity contribution in [2.75, 3.05) is 18.9 Å². The highest BCUT2D eigenvalue weighted by Crippen LogP contribution is 2.11. The molecule has 0 aliphatic rings. The van der Waals surface area contributed by atoms with Gasteiger partial charge in [0.15, 0.2) is 5.78 Å². The molecule has 1 aromatic carbocycles. The minimum Gasteiger partial charge on any atom is -0.324 e. The number of ketones is 1. The maximum absolute atomic E-state index is 11.7. The van der Waals surface area contributed by atoms with Gasteiger partial charge in [0.25, 0.3) is 0 Å². The Balaban J connectivity index is 2.74. The third kappa shape index (κ3) is 3.75. The summed E-state index contributed by atoms with van der Waals surface area (Å²) in [5, 5.41) is 2.71. The molecule has 1 aromatic rings. The van der Waals surface area contributed by atoms with Crippen LogP contribution in [0.5, 0.6) is 0 Å². The van der Waals surface area contributed by atoms with Crippen LogP contribution in [0.4, 0.5) is 10.5 Å². The van der Waals surface area contributed by atoms with E-state index in [9.17, 15) is 9.59 Å². The number of hydrogen-bond acceptors (Lipinski definition) is 2. The molecule has 0 fully saturated rings. The van der Waals surface area contributed by atoms with Crippen molar-refractivity contribution in [1.82, 2.24) is 4.90 Å². The van der Waals surface area contributed by atoms with E-state index in [1.54, 1.807) is 37.4 Å². The molecule has 0 spiro atoms. The molecular weight excluding hydrogens is 216 g/mol. The number of hydrogen-bond donors (Lipinski definition) is 1. The number of amides is 2. The van der Waals surface area contributed by atoms with Gasteiger partial charge in [-0.25, -0.2) is 4.79 Å². The molecule has 0 atom stereocenters. The lowest BCUT2D eigenvalue weighted by Crippen LogP contribution is -2.31. The van der Waals surface area contributed by atoms with Crippen LogP contribution in [0.15, 0.2) is 36.9 Å². The molecule has 0 saturated heterocycles. The topological polar surface area (TPSA) is 49.4 Å². The molecule has 0 unspecified atom stereocenters. The van der Waals surface area contributed by atoms with E-state index in [1.165, 1.54) is 11.8 Å². The second-order valence-corrected chi connectivity index (χ2v) is 3.74. The Kier molecular flexibility index (Phi) is 4.46. The number of likely N-dealkylation sites (N-methyl/N-ethyl adjacent to an activating group) is 1. The van der Waals surface area contributed by atoms with Crippen molar-refractivity contribution in [1.29, 1.82) is 0 Å². The highest BCUT2D eigenvalue weighted by atomic mass is 16.2. The van der Waals surface area contributed by atoms with Crippen LogP contribution in [0.2, 0.25) is 0 Å². The molecule has 0 aliphatic heterocycles. The Morgan fingerprint density at radius 3 is 2.76 bits per heavy atom. The average molecular weight is 232 g/mol. The second kappa shape index (κ2) is 5.84. The minimum atomic E-state index is -0.231. The first-order valence-corrected chi connectivity index (χ1v) is 5.28. The fourth-order valence-corrected chi connectivity index (χ4v) is 1.31. The van der Waals surface area contributed by atoms with Gasteiger partial charge in [0.2, 0.25) is 0 Å². The predicted octanol–water partition coefficient (Wildman–Crippen LogP) is 2.54. The molecule has 0 radical (unpaired) electrons. The molecule has 0 aliphatic carbocycles. The average Bonchev–Trinajstić information content (AvgIpc) is 2.29. The van der Waals surface area contributed by atoms with E-state index in [-0.39, 0.29) is 11.8 Å². The predicted molar refractivity (Wildman–Crippen MR) is 68.3 cm³/mol. The number of nitrogens with one attached hydrogen (secondary N) is 1. The van der Waals surface area contributed by atoms with E-state index in [1.807, 2.05) is 0 Å². The van der Waals surface area contributed by atoms with Crippen molar-refractivity contribution < 1.29 is 9.59 Å². The molecule has 17 heavy (non-hydrogen) atoms. The van der Waals surface area contributed by atoms with Crippen LogP contribution < -0.4 is 5.32 Å². The number of Topliss-reactive ketones (excluding diaryl/α,β-unsaturated/α-hetero) is 1. The van der Waals surface area contributed by atoms with Crippen LogP contribution in [0.1, 0.15) is 17.3 Å². The van der Waals surface area contributed by atoms with Gasteiger partial charge in [-0.3, -0.25) is 4.79 Å². The molecule has 0 saturated carbocycles. The van der Waals surface area contributed by atoms with E-state index < -0.39 is 0 Å². The number of urea groups is 1. The molecule has 90 valence electrons. The molecule has 4 heteroatoms. The van der Waals surface area contributed by atoms with Gasteiger partial charge in [0, 0.05) is 24.8 Å². The van der Waals surface area contributed by atoms with Crippen LogP contribution in [0, 0.1) is 0 Å². The fourth-order valence-electron chi connectivity index (χ4n) is 1.31. The normalized spacial score (nSPS) is 9.53. The molecule has 0 aromatic heterocycles. The zero-order valence-corrected chi connectivity index (χ0v) is 10.1. The number of rotatable bonds is 4. The summed E-state index contributed by atoms with van der Waals surface area (Å²) in [5.74, 6) is -0.0273. The quantitative estimate of drug-likeness (QED) is 0.640. The largest absolute Gasteiger partial charge is 0.324 e. The number of nitrogens with zero attached hydrogens (tertiary/aromatic N) is 1. The Morgan fingerprint density at radius 2 is 2.18 bits per heavy atom. The first-order chi connectivity index (χ1) is 8.04. The summed E-state index contributed by atoms with van der Waals surface area (Å²) in [5.41, 5.74) is 1.19. The Hall–Kier alpha value is -2.10. The van der Waals surface area contributed by atoms with Crippen molar-refractivity contribution in [3.05, 3.63) is 42.5 Å². The molecule has 1 rings (SSSR count). The summed E-state index contributed by atoms with van der Waals surface area (Å²) < 4.78 is 0. The van der Waals surface area contributed by atoms with Crippen LogP contribution in [0.3, 0.4) is 0 Å². The Morgan fingerprint density at radius 1 is 1.47 bits per heavy atom. The standard InChI is InChI=1S/C13H16N2O2/c1-4-8-15(3)13(17)14-12-7-5-6-11(9-12)10(2)16/h4-7,9H,1,8H2,2-3H3,(H,14,17). The summed E-state index contributed by atoms with van der Waals surface area (Å²) in [7, 11) is 1.67. The van der Waals surface area contributed by atoms with Gasteiger partial charge in [-0.2, -0.15) is 0 Å². The molecule has 1 N–H and O–H groups in total. The minimum absolute atomic E-state index is 0.0273. The van der Waals surface area contributed by atoms with Crippen molar-refractivity contribution in [2.24, 2.45) is 0 Å². The van der Waals surface area contributed by atoms with Crippen molar-refractivity contribution in [2.45, 2.75) is 6.92 Å². The summed E-state index contributed by atoms with van der Waals surface area (Å²) in [6.07, 6.45) is 1.64. The van der Waals surface area contributed by atoms with Gasteiger partial charge in [-0.1, -0.05) is 18.2 Å². The monoisotopic (exact) mass is 232 g/mol. The van der Waals surface area contributed by atoms with E-state index >= 15 is 0 Å². The molecule has 2 amide bonds. The molecule has 0 bridgehead atoms. The third-order valence-corrected chi connectivity index (χ3v) is 2.27. The van der Waals surface area contributed by atoms with Gasteiger partial charge in [-0.15, -0.1) is 6.58 Å². The summed E-state index contributed by atoms with van der Waals surface area (Å²) in [6.45, 7) is 5.52. The lowest BCUT2D eigenvalue weighted by molar-refractivity contribution is 0.101.